The highest BCUT2D eigenvalue weighted by molar-refractivity contribution is 7.92. The lowest BCUT2D eigenvalue weighted by atomic mass is 10.1. The van der Waals surface area contributed by atoms with Gasteiger partial charge in [-0.2, -0.15) is 0 Å². The number of amides is 2. The minimum absolute atomic E-state index is 0.117. The smallest absolute Gasteiger partial charge is 0.314 e. The first-order valence-electron chi connectivity index (χ1n) is 11.5. The molecule has 8 nitrogen and oxygen atoms in total. The summed E-state index contributed by atoms with van der Waals surface area (Å²) in [5.74, 6) is -0.602. The van der Waals surface area contributed by atoms with Crippen LogP contribution in [0.2, 0.25) is 0 Å². The number of aromatic amines is 1. The van der Waals surface area contributed by atoms with E-state index in [9.17, 15) is 22.4 Å². The fourth-order valence-corrected chi connectivity index (χ4v) is 5.74. The Hall–Kier alpha value is -3.40. The largest absolute Gasteiger partial charge is 0.466 e. The van der Waals surface area contributed by atoms with E-state index in [1.54, 1.807) is 0 Å². The number of piperidine rings is 1. The summed E-state index contributed by atoms with van der Waals surface area (Å²) in [5, 5.41) is 0.639. The number of aromatic nitrogens is 1. The van der Waals surface area contributed by atoms with Crippen LogP contribution < -0.4 is 5.73 Å². The van der Waals surface area contributed by atoms with Crippen molar-refractivity contribution in [3.8, 4) is 0 Å². The number of para-hydroxylation sites is 1. The van der Waals surface area contributed by atoms with Gasteiger partial charge in [0.1, 0.15) is 5.82 Å². The number of nitrogens with two attached hydrogens (primary N) is 1. The molecule has 2 heterocycles. The van der Waals surface area contributed by atoms with Crippen LogP contribution in [0.5, 0.6) is 0 Å². The fraction of sp³-hybridized carbons (Fsp3) is 0.360. The molecule has 2 aromatic carbocycles. The van der Waals surface area contributed by atoms with Crippen molar-refractivity contribution < 1.29 is 27.1 Å². The quantitative estimate of drug-likeness (QED) is 0.391. The van der Waals surface area contributed by atoms with Gasteiger partial charge in [0.05, 0.1) is 16.8 Å². The van der Waals surface area contributed by atoms with Crippen molar-refractivity contribution in [2.24, 2.45) is 5.73 Å². The van der Waals surface area contributed by atoms with Crippen LogP contribution in [0.1, 0.15) is 31.7 Å². The number of sulfone groups is 1. The summed E-state index contributed by atoms with van der Waals surface area (Å²) < 4.78 is 42.3. The number of carbonyl (C=O) groups excluding carboxylic acids is 2. The second-order valence-electron chi connectivity index (χ2n) is 8.19. The van der Waals surface area contributed by atoms with E-state index in [1.165, 1.54) is 28.0 Å². The lowest BCUT2D eigenvalue weighted by Crippen LogP contribution is -2.44. The molecule has 1 aromatic heterocycles. The van der Waals surface area contributed by atoms with E-state index in [2.05, 4.69) is 11.1 Å². The Labute approximate surface area is 204 Å². The number of hydrogen-bond donors (Lipinski definition) is 2. The molecule has 1 fully saturated rings. The van der Waals surface area contributed by atoms with Gasteiger partial charge in [0.15, 0.2) is 9.84 Å². The molecule has 35 heavy (non-hydrogen) atoms. The van der Waals surface area contributed by atoms with Crippen LogP contribution in [0.25, 0.3) is 10.9 Å². The Balaban J connectivity index is 0.000000198. The van der Waals surface area contributed by atoms with Gasteiger partial charge in [-0.25, -0.2) is 17.6 Å². The minimum atomic E-state index is -3.47. The van der Waals surface area contributed by atoms with E-state index < -0.39 is 26.9 Å². The molecule has 0 bridgehead atoms. The van der Waals surface area contributed by atoms with Gasteiger partial charge in [0, 0.05) is 36.6 Å². The summed E-state index contributed by atoms with van der Waals surface area (Å²) in [6.07, 6.45) is 3.83. The maximum atomic E-state index is 12.8. The van der Waals surface area contributed by atoms with Crippen LogP contribution in [0, 0.1) is 5.82 Å². The first-order chi connectivity index (χ1) is 16.7. The molecule has 0 atom stereocenters. The maximum Gasteiger partial charge on any atom is 0.314 e. The molecule has 0 unspecified atom stereocenters. The number of halogens is 1. The minimum Gasteiger partial charge on any atom is -0.466 e. The summed E-state index contributed by atoms with van der Waals surface area (Å²) in [5.41, 5.74) is 7.43. The molecule has 188 valence electrons. The highest BCUT2D eigenvalue weighted by Crippen LogP contribution is 2.24. The maximum absolute atomic E-state index is 12.8. The molecule has 3 aromatic rings. The van der Waals surface area contributed by atoms with Crippen LogP contribution >= 0.6 is 0 Å². The number of primary amides is 1. The number of hydrogen-bond acceptors (Lipinski definition) is 5. The normalized spacial score (nSPS) is 14.3. The van der Waals surface area contributed by atoms with Crippen LogP contribution in [0.15, 0.2) is 59.6 Å². The van der Waals surface area contributed by atoms with Crippen molar-refractivity contribution in [1.29, 1.82) is 0 Å². The fourth-order valence-electron chi connectivity index (χ4n) is 4.01. The SMILES string of the molecule is CCOC(=O)CCc1c[nH]c2ccccc12.NC(=O)N1CCC(S(=O)(=O)c2ccc(F)cc2)CC1. The molecule has 0 spiro atoms. The number of carbonyl (C=O) groups is 2. The third kappa shape index (κ3) is 6.82. The van der Waals surface area contributed by atoms with Gasteiger partial charge in [-0.15, -0.1) is 0 Å². The van der Waals surface area contributed by atoms with E-state index in [0.29, 0.717) is 39.0 Å². The summed E-state index contributed by atoms with van der Waals surface area (Å²) in [6, 6.07) is 12.4. The summed E-state index contributed by atoms with van der Waals surface area (Å²) in [7, 11) is -3.47. The summed E-state index contributed by atoms with van der Waals surface area (Å²) >= 11 is 0. The zero-order chi connectivity index (χ0) is 25.4. The van der Waals surface area contributed by atoms with Crippen molar-refractivity contribution in [3.63, 3.8) is 0 Å². The number of nitrogens with zero attached hydrogens (tertiary/aromatic N) is 1. The molecular formula is C25H30FN3O5S. The van der Waals surface area contributed by atoms with Crippen LogP contribution in [0.3, 0.4) is 0 Å². The average molecular weight is 504 g/mol. The van der Waals surface area contributed by atoms with Gasteiger partial charge in [-0.3, -0.25) is 4.79 Å². The van der Waals surface area contributed by atoms with Gasteiger partial charge < -0.3 is 20.4 Å². The molecular weight excluding hydrogens is 473 g/mol. The van der Waals surface area contributed by atoms with E-state index in [1.807, 2.05) is 31.3 Å². The van der Waals surface area contributed by atoms with Crippen molar-refractivity contribution in [2.45, 2.75) is 42.8 Å². The second-order valence-corrected chi connectivity index (χ2v) is 10.4. The van der Waals surface area contributed by atoms with E-state index in [4.69, 9.17) is 10.5 Å². The molecule has 1 saturated heterocycles. The Kier molecular flexibility index (Phi) is 8.86. The van der Waals surface area contributed by atoms with Crippen molar-refractivity contribution in [1.82, 2.24) is 9.88 Å². The van der Waals surface area contributed by atoms with Crippen LogP contribution in [-0.4, -0.2) is 55.2 Å². The van der Waals surface area contributed by atoms with E-state index in [0.717, 1.165) is 24.1 Å². The number of aryl methyl sites for hydroxylation is 1. The standard InChI is InChI=1S/C13H15NO2.C12H15FN2O3S/c1-2-16-13(15)8-7-10-9-14-12-6-4-3-5-11(10)12;13-9-1-3-10(4-2-9)19(17,18)11-5-7-15(8-6-11)12(14)16/h3-6,9,14H,2,7-8H2,1H3;1-4,11H,5-8H2,(H2,14,16). The van der Waals surface area contributed by atoms with E-state index >= 15 is 0 Å². The Morgan fingerprint density at radius 3 is 2.40 bits per heavy atom. The Morgan fingerprint density at radius 2 is 1.77 bits per heavy atom. The highest BCUT2D eigenvalue weighted by Gasteiger charge is 2.32. The third-order valence-corrected chi connectivity index (χ3v) is 8.19. The van der Waals surface area contributed by atoms with Gasteiger partial charge in [-0.05, 0) is 62.1 Å². The molecule has 2 amide bonds. The molecule has 1 aliphatic rings. The summed E-state index contributed by atoms with van der Waals surface area (Å²) in [6.45, 7) is 2.94. The molecule has 3 N–H and O–H groups in total. The van der Waals surface area contributed by atoms with Crippen molar-refractivity contribution in [2.75, 3.05) is 19.7 Å². The topological polar surface area (TPSA) is 123 Å². The molecule has 10 heteroatoms. The number of esters is 1. The highest BCUT2D eigenvalue weighted by atomic mass is 32.2. The average Bonchev–Trinajstić information content (AvgIpc) is 3.27. The van der Waals surface area contributed by atoms with Gasteiger partial charge in [-0.1, -0.05) is 18.2 Å². The molecule has 1 aliphatic heterocycles. The zero-order valence-electron chi connectivity index (χ0n) is 19.6. The van der Waals surface area contributed by atoms with Crippen molar-refractivity contribution >= 4 is 32.7 Å². The summed E-state index contributed by atoms with van der Waals surface area (Å²) in [4.78, 5) is 27.0. The third-order valence-electron chi connectivity index (χ3n) is 5.91. The lowest BCUT2D eigenvalue weighted by Gasteiger charge is -2.30. The Morgan fingerprint density at radius 1 is 1.11 bits per heavy atom. The van der Waals surface area contributed by atoms with Crippen molar-refractivity contribution in [3.05, 3.63) is 66.1 Å². The molecule has 4 rings (SSSR count). The number of fused-ring (bicyclic) bond motifs is 1. The number of nitrogens with one attached hydrogen (secondary N) is 1. The first-order valence-corrected chi connectivity index (χ1v) is 13.0. The molecule has 0 radical (unpaired) electrons. The number of likely N-dealkylation sites (tertiary alicyclic amines) is 1. The Bertz CT molecular complexity index is 1250. The second kappa shape index (κ2) is 11.8. The molecule has 0 aliphatic carbocycles. The number of H-pyrrole nitrogens is 1. The number of benzene rings is 2. The lowest BCUT2D eigenvalue weighted by molar-refractivity contribution is -0.143. The van der Waals surface area contributed by atoms with Gasteiger partial charge in [0.25, 0.3) is 0 Å². The van der Waals surface area contributed by atoms with Gasteiger partial charge >= 0.3 is 12.0 Å². The first kappa shape index (κ1) is 26.2. The van der Waals surface area contributed by atoms with Gasteiger partial charge in [0.2, 0.25) is 0 Å². The zero-order valence-corrected chi connectivity index (χ0v) is 20.4. The predicted molar refractivity (Wildman–Crippen MR) is 131 cm³/mol. The van der Waals surface area contributed by atoms with E-state index in [-0.39, 0.29) is 10.9 Å². The monoisotopic (exact) mass is 503 g/mol. The number of rotatable bonds is 6. The van der Waals surface area contributed by atoms with Crippen LogP contribution in [0.4, 0.5) is 9.18 Å². The number of urea groups is 1. The van der Waals surface area contributed by atoms with Crippen LogP contribution in [-0.2, 0) is 25.8 Å². The number of ether oxygens (including phenoxy) is 1. The predicted octanol–water partition coefficient (Wildman–Crippen LogP) is 3.81. The molecule has 0 saturated carbocycles.